The van der Waals surface area contributed by atoms with Crippen LogP contribution in [0, 0.1) is 11.6 Å². The number of benzene rings is 1. The van der Waals surface area contributed by atoms with E-state index in [2.05, 4.69) is 0 Å². The Morgan fingerprint density at radius 1 is 1.42 bits per heavy atom. The van der Waals surface area contributed by atoms with Gasteiger partial charge in [-0.1, -0.05) is 28.7 Å². The maximum absolute atomic E-state index is 12.8. The number of hydrogen-bond acceptors (Lipinski definition) is 1. The summed E-state index contributed by atoms with van der Waals surface area (Å²) in [7, 11) is 0. The summed E-state index contributed by atoms with van der Waals surface area (Å²) in [6, 6.07) is 3.58. The Kier molecular flexibility index (Phi) is 3.13. The molecule has 1 aromatic carbocycles. The van der Waals surface area contributed by atoms with E-state index in [4.69, 9.17) is 0 Å². The molecule has 1 rings (SSSR count). The van der Waals surface area contributed by atoms with Crippen LogP contribution in [0.15, 0.2) is 18.2 Å². The summed E-state index contributed by atoms with van der Waals surface area (Å²) >= 11 is 1.81. The molecule has 0 bridgehead atoms. The minimum atomic E-state index is -1.06. The molecule has 0 atom stereocenters. The third-order valence-corrected chi connectivity index (χ3v) is 2.07. The Morgan fingerprint density at radius 3 is 2.67 bits per heavy atom. The summed E-state index contributed by atoms with van der Waals surface area (Å²) in [5.41, 5.74) is -0.176. The minimum Gasteiger partial charge on any atom is -0.293 e. The van der Waals surface area contributed by atoms with E-state index in [0.29, 0.717) is 0 Å². The summed E-state index contributed by atoms with van der Waals surface area (Å²) in [5, 5.41) is 0. The topological polar surface area (TPSA) is 17.1 Å². The molecule has 12 heavy (non-hydrogen) atoms. The predicted octanol–water partition coefficient (Wildman–Crippen LogP) is 2.58. The first-order chi connectivity index (χ1) is 5.66. The lowest BCUT2D eigenvalue weighted by Gasteiger charge is -1.98. The van der Waals surface area contributed by atoms with Crippen LogP contribution in [0.3, 0.4) is 0 Å². The average Bonchev–Trinajstić information content (AvgIpc) is 2.08. The van der Waals surface area contributed by atoms with Crippen LogP contribution in [-0.2, 0) is 0 Å². The van der Waals surface area contributed by atoms with Crippen molar-refractivity contribution >= 4 is 28.4 Å². The van der Waals surface area contributed by atoms with E-state index in [9.17, 15) is 13.6 Å². The van der Waals surface area contributed by atoms with E-state index in [1.165, 1.54) is 12.1 Å². The van der Waals surface area contributed by atoms with Gasteiger partial charge in [0.15, 0.2) is 17.4 Å². The molecular formula is C8H5F2IO. The van der Waals surface area contributed by atoms with Crippen LogP contribution in [0.1, 0.15) is 10.4 Å². The van der Waals surface area contributed by atoms with Crippen LogP contribution in [0.2, 0.25) is 0 Å². The van der Waals surface area contributed by atoms with Crippen molar-refractivity contribution in [1.82, 2.24) is 0 Å². The Balaban J connectivity index is 3.16. The van der Waals surface area contributed by atoms with Gasteiger partial charge in [0.2, 0.25) is 0 Å². The van der Waals surface area contributed by atoms with Gasteiger partial charge in [-0.3, -0.25) is 4.79 Å². The van der Waals surface area contributed by atoms with Gasteiger partial charge in [0.25, 0.3) is 0 Å². The standard InChI is InChI=1S/C8H5F2IO/c9-6-3-1-2-5(8(6)10)7(12)4-11/h1-3H,4H2. The number of carbonyl (C=O) groups is 1. The second kappa shape index (κ2) is 3.93. The maximum Gasteiger partial charge on any atom is 0.175 e. The molecule has 0 aliphatic rings. The molecule has 4 heteroatoms. The predicted molar refractivity (Wildman–Crippen MR) is 49.6 cm³/mol. The zero-order chi connectivity index (χ0) is 9.14. The normalized spacial score (nSPS) is 9.92. The fourth-order valence-corrected chi connectivity index (χ4v) is 1.20. The van der Waals surface area contributed by atoms with Crippen LogP contribution >= 0.6 is 22.6 Å². The van der Waals surface area contributed by atoms with E-state index in [0.717, 1.165) is 6.07 Å². The number of ketones is 1. The fraction of sp³-hybridized carbons (Fsp3) is 0.125. The summed E-state index contributed by atoms with van der Waals surface area (Å²) < 4.78 is 25.5. The summed E-state index contributed by atoms with van der Waals surface area (Å²) in [6.07, 6.45) is 0. The Bertz CT molecular complexity index is 312. The lowest BCUT2D eigenvalue weighted by Crippen LogP contribution is -2.04. The molecule has 64 valence electrons. The van der Waals surface area contributed by atoms with Gasteiger partial charge in [0.05, 0.1) is 9.99 Å². The third kappa shape index (κ3) is 1.80. The zero-order valence-electron chi connectivity index (χ0n) is 5.98. The van der Waals surface area contributed by atoms with Crippen molar-refractivity contribution in [2.24, 2.45) is 0 Å². The molecule has 1 aromatic rings. The van der Waals surface area contributed by atoms with Gasteiger partial charge < -0.3 is 0 Å². The van der Waals surface area contributed by atoms with Crippen molar-refractivity contribution in [3.63, 3.8) is 0 Å². The first-order valence-corrected chi connectivity index (χ1v) is 4.72. The van der Waals surface area contributed by atoms with Crippen molar-refractivity contribution in [2.45, 2.75) is 0 Å². The molecule has 0 aromatic heterocycles. The van der Waals surface area contributed by atoms with E-state index < -0.39 is 17.4 Å². The number of alkyl halides is 1. The highest BCUT2D eigenvalue weighted by atomic mass is 127. The largest absolute Gasteiger partial charge is 0.293 e. The number of halogens is 3. The third-order valence-electron chi connectivity index (χ3n) is 1.37. The molecule has 0 heterocycles. The van der Waals surface area contributed by atoms with Gasteiger partial charge in [-0.15, -0.1) is 0 Å². The van der Waals surface area contributed by atoms with Gasteiger partial charge in [-0.2, -0.15) is 0 Å². The molecule has 0 spiro atoms. The quantitative estimate of drug-likeness (QED) is 0.463. The monoisotopic (exact) mass is 282 g/mol. The molecule has 0 unspecified atom stereocenters. The van der Waals surface area contributed by atoms with Crippen LogP contribution in [0.4, 0.5) is 8.78 Å². The summed E-state index contributed by atoms with van der Waals surface area (Å²) in [4.78, 5) is 11.0. The van der Waals surface area contributed by atoms with E-state index in [-0.39, 0.29) is 9.99 Å². The van der Waals surface area contributed by atoms with Crippen LogP contribution in [0.5, 0.6) is 0 Å². The number of carbonyl (C=O) groups excluding carboxylic acids is 1. The smallest absolute Gasteiger partial charge is 0.175 e. The average molecular weight is 282 g/mol. The molecule has 0 aliphatic heterocycles. The van der Waals surface area contributed by atoms with Gasteiger partial charge in [-0.05, 0) is 12.1 Å². The molecule has 0 saturated carbocycles. The molecular weight excluding hydrogens is 277 g/mol. The van der Waals surface area contributed by atoms with Crippen molar-refractivity contribution in [2.75, 3.05) is 4.43 Å². The molecule has 0 saturated heterocycles. The Labute approximate surface area is 81.9 Å². The molecule has 0 radical (unpaired) electrons. The number of hydrogen-bond donors (Lipinski definition) is 0. The number of Topliss-reactive ketones (excluding diaryl/α,β-unsaturated/α-hetero) is 1. The van der Waals surface area contributed by atoms with E-state index in [1.54, 1.807) is 22.6 Å². The molecule has 0 N–H and O–H groups in total. The van der Waals surface area contributed by atoms with Crippen LogP contribution in [0.25, 0.3) is 0 Å². The highest BCUT2D eigenvalue weighted by molar-refractivity contribution is 14.1. The summed E-state index contributed by atoms with van der Waals surface area (Å²) in [5.74, 6) is -2.43. The highest BCUT2D eigenvalue weighted by Gasteiger charge is 2.12. The minimum absolute atomic E-state index is 0.151. The fourth-order valence-electron chi connectivity index (χ4n) is 0.791. The molecule has 0 aliphatic carbocycles. The first-order valence-electron chi connectivity index (χ1n) is 3.20. The second-order valence-electron chi connectivity index (χ2n) is 2.16. The van der Waals surface area contributed by atoms with Gasteiger partial charge in [0, 0.05) is 0 Å². The van der Waals surface area contributed by atoms with Crippen LogP contribution in [-0.4, -0.2) is 10.2 Å². The van der Waals surface area contributed by atoms with Crippen molar-refractivity contribution in [3.8, 4) is 0 Å². The van der Waals surface area contributed by atoms with E-state index in [1.807, 2.05) is 0 Å². The molecule has 1 nitrogen and oxygen atoms in total. The summed E-state index contributed by atoms with van der Waals surface area (Å²) in [6.45, 7) is 0. The van der Waals surface area contributed by atoms with Gasteiger partial charge in [-0.25, -0.2) is 8.78 Å². The van der Waals surface area contributed by atoms with Crippen LogP contribution < -0.4 is 0 Å². The lowest BCUT2D eigenvalue weighted by atomic mass is 10.1. The van der Waals surface area contributed by atoms with Crippen molar-refractivity contribution in [1.29, 1.82) is 0 Å². The molecule has 0 fully saturated rings. The van der Waals surface area contributed by atoms with Gasteiger partial charge >= 0.3 is 0 Å². The second-order valence-corrected chi connectivity index (χ2v) is 2.92. The first kappa shape index (κ1) is 9.57. The molecule has 0 amide bonds. The Morgan fingerprint density at radius 2 is 2.08 bits per heavy atom. The maximum atomic E-state index is 12.8. The van der Waals surface area contributed by atoms with E-state index >= 15 is 0 Å². The zero-order valence-corrected chi connectivity index (χ0v) is 8.14. The van der Waals surface area contributed by atoms with Crippen molar-refractivity contribution in [3.05, 3.63) is 35.4 Å². The highest BCUT2D eigenvalue weighted by Crippen LogP contribution is 2.12. The number of rotatable bonds is 2. The van der Waals surface area contributed by atoms with Gasteiger partial charge in [0.1, 0.15) is 0 Å². The Hall–Kier alpha value is -0.520. The lowest BCUT2D eigenvalue weighted by molar-refractivity contribution is 0.102. The van der Waals surface area contributed by atoms with Crippen molar-refractivity contribution < 1.29 is 13.6 Å². The SMILES string of the molecule is O=C(CI)c1cccc(F)c1F.